The number of phenolic OH excluding ortho intramolecular Hbond substituents is 1. The van der Waals surface area contributed by atoms with Crippen molar-refractivity contribution in [3.05, 3.63) is 46.3 Å². The number of pyridine rings is 1. The van der Waals surface area contributed by atoms with Crippen LogP contribution in [0.2, 0.25) is 10.0 Å². The summed E-state index contributed by atoms with van der Waals surface area (Å²) in [5, 5.41) is 14.0. The molecular weight excluding hydrogens is 320 g/mol. The molecule has 3 aromatic rings. The molecule has 106 valence electrons. The van der Waals surface area contributed by atoms with Crippen molar-refractivity contribution in [2.75, 3.05) is 0 Å². The van der Waals surface area contributed by atoms with Crippen LogP contribution in [0.1, 0.15) is 0 Å². The minimum atomic E-state index is -0.680. The van der Waals surface area contributed by atoms with E-state index >= 15 is 0 Å². The Balaban J connectivity index is 2.08. The molecule has 2 heterocycles. The van der Waals surface area contributed by atoms with Gasteiger partial charge in [0.05, 0.1) is 10.0 Å². The SMILES string of the molecule is Oc1cccc(F)c1-c1nc(-c2ncc(Cl)cc2Cl)no1. The third-order valence-corrected chi connectivity index (χ3v) is 3.15. The first kappa shape index (κ1) is 13.8. The minimum Gasteiger partial charge on any atom is -0.507 e. The number of benzene rings is 1. The highest BCUT2D eigenvalue weighted by molar-refractivity contribution is 6.35. The van der Waals surface area contributed by atoms with Gasteiger partial charge in [-0.3, -0.25) is 0 Å². The van der Waals surface area contributed by atoms with Crippen molar-refractivity contribution in [1.29, 1.82) is 0 Å². The Bertz CT molecular complexity index is 803. The van der Waals surface area contributed by atoms with Crippen LogP contribution in [-0.2, 0) is 0 Å². The summed E-state index contributed by atoms with van der Waals surface area (Å²) >= 11 is 11.7. The Morgan fingerprint density at radius 1 is 1.24 bits per heavy atom. The monoisotopic (exact) mass is 325 g/mol. The van der Waals surface area contributed by atoms with E-state index in [0.29, 0.717) is 5.02 Å². The number of hydrogen-bond donors (Lipinski definition) is 1. The summed E-state index contributed by atoms with van der Waals surface area (Å²) in [7, 11) is 0. The highest BCUT2D eigenvalue weighted by atomic mass is 35.5. The van der Waals surface area contributed by atoms with Crippen molar-refractivity contribution in [1.82, 2.24) is 15.1 Å². The average molecular weight is 326 g/mol. The van der Waals surface area contributed by atoms with Crippen LogP contribution in [0.5, 0.6) is 5.75 Å². The summed E-state index contributed by atoms with van der Waals surface area (Å²) in [5.41, 5.74) is 0.0632. The summed E-state index contributed by atoms with van der Waals surface area (Å²) in [6.45, 7) is 0. The second-order valence-corrected chi connectivity index (χ2v) is 4.88. The van der Waals surface area contributed by atoms with Gasteiger partial charge in [0, 0.05) is 6.20 Å². The number of aromatic hydroxyl groups is 1. The van der Waals surface area contributed by atoms with Gasteiger partial charge in [-0.1, -0.05) is 34.4 Å². The van der Waals surface area contributed by atoms with Gasteiger partial charge >= 0.3 is 0 Å². The van der Waals surface area contributed by atoms with E-state index in [0.717, 1.165) is 0 Å². The van der Waals surface area contributed by atoms with E-state index in [4.69, 9.17) is 27.7 Å². The standard InChI is InChI=1S/C13H6Cl2FN3O2/c14-6-4-7(15)11(17-5-6)12-18-13(21-19-12)10-8(16)2-1-3-9(10)20/h1-5,20H. The molecule has 0 aliphatic heterocycles. The molecule has 0 amide bonds. The second-order valence-electron chi connectivity index (χ2n) is 4.04. The normalized spacial score (nSPS) is 10.8. The quantitative estimate of drug-likeness (QED) is 0.772. The maximum absolute atomic E-state index is 13.7. The van der Waals surface area contributed by atoms with E-state index in [1.807, 2.05) is 0 Å². The molecule has 5 nitrogen and oxygen atoms in total. The molecule has 0 fully saturated rings. The number of rotatable bonds is 2. The Labute approximate surface area is 128 Å². The maximum atomic E-state index is 13.7. The van der Waals surface area contributed by atoms with Gasteiger partial charge in [-0.25, -0.2) is 9.37 Å². The first-order valence-corrected chi connectivity index (χ1v) is 6.45. The van der Waals surface area contributed by atoms with E-state index in [9.17, 15) is 9.50 Å². The molecule has 0 saturated carbocycles. The predicted molar refractivity (Wildman–Crippen MR) is 74.6 cm³/mol. The lowest BCUT2D eigenvalue weighted by Crippen LogP contribution is -1.88. The third kappa shape index (κ3) is 2.55. The third-order valence-electron chi connectivity index (χ3n) is 2.65. The lowest BCUT2D eigenvalue weighted by molar-refractivity contribution is 0.421. The van der Waals surface area contributed by atoms with E-state index in [2.05, 4.69) is 15.1 Å². The second kappa shape index (κ2) is 5.31. The zero-order chi connectivity index (χ0) is 15.0. The number of halogens is 3. The fourth-order valence-electron chi connectivity index (χ4n) is 1.72. The van der Waals surface area contributed by atoms with E-state index in [-0.39, 0.29) is 33.7 Å². The molecule has 3 rings (SSSR count). The van der Waals surface area contributed by atoms with Gasteiger partial charge in [0.15, 0.2) is 0 Å². The fraction of sp³-hybridized carbons (Fsp3) is 0. The van der Waals surface area contributed by atoms with Crippen molar-refractivity contribution in [2.45, 2.75) is 0 Å². The molecule has 1 aromatic carbocycles. The van der Waals surface area contributed by atoms with Gasteiger partial charge in [0.1, 0.15) is 22.8 Å². The van der Waals surface area contributed by atoms with Gasteiger partial charge in [-0.15, -0.1) is 0 Å². The Kier molecular flexibility index (Phi) is 3.48. The molecule has 0 spiro atoms. The molecule has 0 radical (unpaired) electrons. The molecular formula is C13H6Cl2FN3O2. The van der Waals surface area contributed by atoms with Crippen LogP contribution in [0.15, 0.2) is 35.0 Å². The van der Waals surface area contributed by atoms with E-state index in [1.54, 1.807) is 0 Å². The molecule has 2 aromatic heterocycles. The number of phenols is 1. The lowest BCUT2D eigenvalue weighted by Gasteiger charge is -1.99. The van der Waals surface area contributed by atoms with Gasteiger partial charge in [0.2, 0.25) is 5.82 Å². The Morgan fingerprint density at radius 3 is 2.76 bits per heavy atom. The van der Waals surface area contributed by atoms with Gasteiger partial charge in [0.25, 0.3) is 5.89 Å². The van der Waals surface area contributed by atoms with Gasteiger partial charge in [-0.05, 0) is 18.2 Å². The summed E-state index contributed by atoms with van der Waals surface area (Å²) < 4.78 is 18.7. The Morgan fingerprint density at radius 2 is 2.05 bits per heavy atom. The van der Waals surface area contributed by atoms with E-state index in [1.165, 1.54) is 30.5 Å². The Hall–Kier alpha value is -2.18. The van der Waals surface area contributed by atoms with Crippen molar-refractivity contribution in [2.24, 2.45) is 0 Å². The smallest absolute Gasteiger partial charge is 0.265 e. The first-order chi connectivity index (χ1) is 10.1. The van der Waals surface area contributed by atoms with Crippen LogP contribution in [0, 0.1) is 5.82 Å². The highest BCUT2D eigenvalue weighted by Crippen LogP contribution is 2.32. The van der Waals surface area contributed by atoms with Gasteiger partial charge < -0.3 is 9.63 Å². The lowest BCUT2D eigenvalue weighted by atomic mass is 10.2. The van der Waals surface area contributed by atoms with Crippen molar-refractivity contribution >= 4 is 23.2 Å². The minimum absolute atomic E-state index is 0.0642. The zero-order valence-corrected chi connectivity index (χ0v) is 11.7. The van der Waals surface area contributed by atoms with E-state index < -0.39 is 5.82 Å². The maximum Gasteiger partial charge on any atom is 0.265 e. The molecule has 0 aliphatic rings. The molecule has 21 heavy (non-hydrogen) atoms. The molecule has 0 unspecified atom stereocenters. The molecule has 1 N–H and O–H groups in total. The van der Waals surface area contributed by atoms with Crippen LogP contribution in [0.4, 0.5) is 4.39 Å². The van der Waals surface area contributed by atoms with Crippen LogP contribution in [-0.4, -0.2) is 20.2 Å². The number of hydrogen-bond acceptors (Lipinski definition) is 5. The fourth-order valence-corrected chi connectivity index (χ4v) is 2.19. The number of nitrogens with zero attached hydrogens (tertiary/aromatic N) is 3. The highest BCUT2D eigenvalue weighted by Gasteiger charge is 2.19. The molecule has 8 heteroatoms. The average Bonchev–Trinajstić information content (AvgIpc) is 2.87. The zero-order valence-electron chi connectivity index (χ0n) is 10.2. The topological polar surface area (TPSA) is 72.0 Å². The van der Waals surface area contributed by atoms with Crippen molar-refractivity contribution in [3.8, 4) is 28.7 Å². The summed E-state index contributed by atoms with van der Waals surface area (Å²) in [6.07, 6.45) is 1.37. The summed E-state index contributed by atoms with van der Waals surface area (Å²) in [4.78, 5) is 7.99. The van der Waals surface area contributed by atoms with Crippen molar-refractivity contribution in [3.63, 3.8) is 0 Å². The van der Waals surface area contributed by atoms with Crippen LogP contribution < -0.4 is 0 Å². The number of aromatic nitrogens is 3. The molecule has 0 saturated heterocycles. The predicted octanol–water partition coefficient (Wildman–Crippen LogP) is 3.95. The van der Waals surface area contributed by atoms with Crippen molar-refractivity contribution < 1.29 is 14.0 Å². The summed E-state index contributed by atoms with van der Waals surface area (Å²) in [5.74, 6) is -1.09. The van der Waals surface area contributed by atoms with Crippen LogP contribution in [0.25, 0.3) is 23.0 Å². The summed E-state index contributed by atoms with van der Waals surface area (Å²) in [6, 6.07) is 5.33. The van der Waals surface area contributed by atoms with Crippen LogP contribution in [0.3, 0.4) is 0 Å². The molecule has 0 aliphatic carbocycles. The van der Waals surface area contributed by atoms with Crippen LogP contribution >= 0.6 is 23.2 Å². The molecule has 0 atom stereocenters. The molecule has 0 bridgehead atoms. The largest absolute Gasteiger partial charge is 0.507 e. The van der Waals surface area contributed by atoms with Gasteiger partial charge in [-0.2, -0.15) is 4.98 Å². The first-order valence-electron chi connectivity index (χ1n) is 5.69.